The van der Waals surface area contributed by atoms with Gasteiger partial charge >= 0.3 is 0 Å². The number of hydrogen-bond acceptors (Lipinski definition) is 4. The topological polar surface area (TPSA) is 56.8 Å². The molecule has 0 unspecified atom stereocenters. The molecule has 0 atom stereocenters. The normalized spacial score (nSPS) is 9.95. The second-order valence-corrected chi connectivity index (χ2v) is 4.69. The highest BCUT2D eigenvalue weighted by Crippen LogP contribution is 2.27. The minimum atomic E-state index is -0.269. The van der Waals surface area contributed by atoms with Gasteiger partial charge in [0.1, 0.15) is 5.75 Å². The van der Waals surface area contributed by atoms with Gasteiger partial charge in [-0.05, 0) is 36.8 Å². The number of amides is 1. The van der Waals surface area contributed by atoms with Gasteiger partial charge in [-0.3, -0.25) is 4.79 Å². The quantitative estimate of drug-likeness (QED) is 0.891. The maximum absolute atomic E-state index is 12.0. The van der Waals surface area contributed by atoms with Crippen LogP contribution in [0, 0.1) is 6.92 Å². The fourth-order valence-corrected chi connectivity index (χ4v) is 1.99. The summed E-state index contributed by atoms with van der Waals surface area (Å²) < 4.78 is 15.9. The summed E-state index contributed by atoms with van der Waals surface area (Å²) in [7, 11) is 3.12. The molecule has 1 N–H and O–H groups in total. The summed E-state index contributed by atoms with van der Waals surface area (Å²) in [4.78, 5) is 12.0. The summed E-state index contributed by atoms with van der Waals surface area (Å²) in [6.45, 7) is 1.83. The molecular formula is C17H19NO4. The van der Waals surface area contributed by atoms with Crippen molar-refractivity contribution < 1.29 is 19.0 Å². The number of para-hydroxylation sites is 2. The molecule has 0 aliphatic heterocycles. The zero-order valence-electron chi connectivity index (χ0n) is 12.9. The van der Waals surface area contributed by atoms with Gasteiger partial charge in [0.15, 0.2) is 18.1 Å². The van der Waals surface area contributed by atoms with Gasteiger partial charge in [0, 0.05) is 0 Å². The predicted octanol–water partition coefficient (Wildman–Crippen LogP) is 3.03. The van der Waals surface area contributed by atoms with Crippen molar-refractivity contribution in [3.05, 3.63) is 48.0 Å². The van der Waals surface area contributed by atoms with Gasteiger partial charge in [0.05, 0.1) is 19.9 Å². The number of anilines is 1. The van der Waals surface area contributed by atoms with Crippen LogP contribution in [0.2, 0.25) is 0 Å². The first-order valence-corrected chi connectivity index (χ1v) is 6.84. The molecule has 22 heavy (non-hydrogen) atoms. The van der Waals surface area contributed by atoms with E-state index in [2.05, 4.69) is 5.32 Å². The second-order valence-electron chi connectivity index (χ2n) is 4.69. The Balaban J connectivity index is 2.00. The minimum absolute atomic E-state index is 0.114. The van der Waals surface area contributed by atoms with Crippen LogP contribution in [0.5, 0.6) is 17.2 Å². The summed E-state index contributed by atoms with van der Waals surface area (Å²) >= 11 is 0. The van der Waals surface area contributed by atoms with Crippen LogP contribution in [0.25, 0.3) is 0 Å². The fraction of sp³-hybridized carbons (Fsp3) is 0.235. The van der Waals surface area contributed by atoms with Crippen molar-refractivity contribution >= 4 is 11.6 Å². The van der Waals surface area contributed by atoms with E-state index in [0.29, 0.717) is 22.9 Å². The number of carbonyl (C=O) groups is 1. The molecule has 1 amide bonds. The van der Waals surface area contributed by atoms with Gasteiger partial charge in [-0.2, -0.15) is 0 Å². The smallest absolute Gasteiger partial charge is 0.262 e. The number of methoxy groups -OCH3 is 2. The molecule has 0 aliphatic rings. The van der Waals surface area contributed by atoms with Crippen LogP contribution in [0.1, 0.15) is 5.56 Å². The van der Waals surface area contributed by atoms with Gasteiger partial charge in [-0.25, -0.2) is 0 Å². The molecule has 0 bridgehead atoms. The molecule has 0 saturated carbocycles. The van der Waals surface area contributed by atoms with E-state index in [1.165, 1.54) is 0 Å². The third-order valence-corrected chi connectivity index (χ3v) is 3.06. The Bertz CT molecular complexity index is 655. The highest BCUT2D eigenvalue weighted by atomic mass is 16.5. The maximum atomic E-state index is 12.0. The molecule has 0 saturated heterocycles. The summed E-state index contributed by atoms with van der Waals surface area (Å²) in [5, 5.41) is 2.78. The third-order valence-electron chi connectivity index (χ3n) is 3.06. The first-order chi connectivity index (χ1) is 10.6. The molecule has 5 nitrogen and oxygen atoms in total. The molecule has 2 aromatic rings. The lowest BCUT2D eigenvalue weighted by Crippen LogP contribution is -2.20. The van der Waals surface area contributed by atoms with Crippen molar-refractivity contribution in [1.82, 2.24) is 0 Å². The Hall–Kier alpha value is -2.69. The molecule has 0 spiro atoms. The van der Waals surface area contributed by atoms with Crippen LogP contribution in [-0.4, -0.2) is 26.7 Å². The predicted molar refractivity (Wildman–Crippen MR) is 84.8 cm³/mol. The lowest BCUT2D eigenvalue weighted by molar-refractivity contribution is -0.118. The number of carbonyl (C=O) groups excluding carboxylic acids is 1. The Kier molecular flexibility index (Phi) is 5.25. The molecule has 5 heteroatoms. The molecule has 116 valence electrons. The number of benzene rings is 2. The highest BCUT2D eigenvalue weighted by molar-refractivity contribution is 5.93. The third kappa shape index (κ3) is 3.91. The number of ether oxygens (including phenoxy) is 3. The van der Waals surface area contributed by atoms with Crippen LogP contribution < -0.4 is 19.5 Å². The van der Waals surface area contributed by atoms with Crippen LogP contribution in [0.4, 0.5) is 5.69 Å². The highest BCUT2D eigenvalue weighted by Gasteiger charge is 2.10. The number of aryl methyl sites for hydroxylation is 1. The lowest BCUT2D eigenvalue weighted by atomic mass is 10.2. The van der Waals surface area contributed by atoms with E-state index in [1.54, 1.807) is 26.4 Å². The summed E-state index contributed by atoms with van der Waals surface area (Å²) in [6, 6.07) is 12.8. The van der Waals surface area contributed by atoms with E-state index in [-0.39, 0.29) is 12.5 Å². The Labute approximate surface area is 129 Å². The molecule has 2 rings (SSSR count). The SMILES string of the molecule is COc1ccc(C)cc1NC(=O)COc1ccccc1OC. The van der Waals surface area contributed by atoms with Gasteiger partial charge in [0.25, 0.3) is 5.91 Å². The number of rotatable bonds is 6. The molecule has 0 radical (unpaired) electrons. The van der Waals surface area contributed by atoms with Crippen molar-refractivity contribution in [1.29, 1.82) is 0 Å². The minimum Gasteiger partial charge on any atom is -0.495 e. The van der Waals surface area contributed by atoms with Gasteiger partial charge in [0.2, 0.25) is 0 Å². The number of hydrogen-bond donors (Lipinski definition) is 1. The fourth-order valence-electron chi connectivity index (χ4n) is 1.99. The number of nitrogens with one attached hydrogen (secondary N) is 1. The van der Waals surface area contributed by atoms with Crippen LogP contribution in [0.15, 0.2) is 42.5 Å². The van der Waals surface area contributed by atoms with Crippen molar-refractivity contribution in [2.75, 3.05) is 26.1 Å². The monoisotopic (exact) mass is 301 g/mol. The van der Waals surface area contributed by atoms with E-state index >= 15 is 0 Å². The molecule has 2 aromatic carbocycles. The first-order valence-electron chi connectivity index (χ1n) is 6.84. The van der Waals surface area contributed by atoms with Crippen LogP contribution in [0.3, 0.4) is 0 Å². The second kappa shape index (κ2) is 7.36. The Morgan fingerprint density at radius 3 is 2.36 bits per heavy atom. The largest absolute Gasteiger partial charge is 0.495 e. The first kappa shape index (κ1) is 15.7. The molecular weight excluding hydrogens is 282 g/mol. The Morgan fingerprint density at radius 2 is 1.68 bits per heavy atom. The molecule has 0 fully saturated rings. The van der Waals surface area contributed by atoms with Gasteiger partial charge in [-0.1, -0.05) is 18.2 Å². The molecule has 0 heterocycles. The van der Waals surface area contributed by atoms with E-state index in [4.69, 9.17) is 14.2 Å². The van der Waals surface area contributed by atoms with E-state index in [9.17, 15) is 4.79 Å². The molecule has 0 aliphatic carbocycles. The zero-order valence-corrected chi connectivity index (χ0v) is 12.9. The lowest BCUT2D eigenvalue weighted by Gasteiger charge is -2.12. The van der Waals surface area contributed by atoms with Crippen molar-refractivity contribution in [3.8, 4) is 17.2 Å². The van der Waals surface area contributed by atoms with Crippen molar-refractivity contribution in [3.63, 3.8) is 0 Å². The zero-order chi connectivity index (χ0) is 15.9. The average Bonchev–Trinajstić information content (AvgIpc) is 2.53. The standard InChI is InChI=1S/C17H19NO4/c1-12-8-9-14(20-2)13(10-12)18-17(19)11-22-16-7-5-4-6-15(16)21-3/h4-10H,11H2,1-3H3,(H,18,19). The molecule has 0 aromatic heterocycles. The van der Waals surface area contributed by atoms with E-state index in [0.717, 1.165) is 5.56 Å². The van der Waals surface area contributed by atoms with Gasteiger partial charge in [-0.15, -0.1) is 0 Å². The summed E-state index contributed by atoms with van der Waals surface area (Å²) in [6.07, 6.45) is 0. The van der Waals surface area contributed by atoms with Crippen molar-refractivity contribution in [2.45, 2.75) is 6.92 Å². The summed E-state index contributed by atoms with van der Waals surface area (Å²) in [5.74, 6) is 1.45. The van der Waals surface area contributed by atoms with E-state index < -0.39 is 0 Å². The summed E-state index contributed by atoms with van der Waals surface area (Å²) in [5.41, 5.74) is 1.65. The average molecular weight is 301 g/mol. The van der Waals surface area contributed by atoms with Gasteiger partial charge < -0.3 is 19.5 Å². The van der Waals surface area contributed by atoms with Crippen LogP contribution in [-0.2, 0) is 4.79 Å². The van der Waals surface area contributed by atoms with E-state index in [1.807, 2.05) is 37.3 Å². The Morgan fingerprint density at radius 1 is 1.00 bits per heavy atom. The maximum Gasteiger partial charge on any atom is 0.262 e. The van der Waals surface area contributed by atoms with Crippen LogP contribution >= 0.6 is 0 Å². The van der Waals surface area contributed by atoms with Crippen molar-refractivity contribution in [2.24, 2.45) is 0 Å².